The summed E-state index contributed by atoms with van der Waals surface area (Å²) in [7, 11) is -4.05. The van der Waals surface area contributed by atoms with E-state index in [4.69, 9.17) is 16.7 Å². The Morgan fingerprint density at radius 2 is 2.15 bits per heavy atom. The van der Waals surface area contributed by atoms with Crippen molar-refractivity contribution in [3.63, 3.8) is 0 Å². The van der Waals surface area contributed by atoms with Crippen molar-refractivity contribution in [1.82, 2.24) is 4.72 Å². The summed E-state index contributed by atoms with van der Waals surface area (Å²) in [5, 5.41) is 19.5. The van der Waals surface area contributed by atoms with Gasteiger partial charge in [-0.1, -0.05) is 11.6 Å². The summed E-state index contributed by atoms with van der Waals surface area (Å²) < 4.78 is 25.3. The maximum absolute atomic E-state index is 11.9. The Kier molecular flexibility index (Phi) is 4.74. The van der Waals surface area contributed by atoms with Crippen molar-refractivity contribution in [2.24, 2.45) is 5.41 Å². The van der Waals surface area contributed by atoms with Gasteiger partial charge in [-0.15, -0.1) is 11.3 Å². The number of hydrogen-bond donors (Lipinski definition) is 2. The molecule has 0 amide bonds. The fourth-order valence-electron chi connectivity index (χ4n) is 1.02. The number of carboxylic acid groups (broad SMARTS) is 1. The third kappa shape index (κ3) is 3.66. The van der Waals surface area contributed by atoms with E-state index >= 15 is 0 Å². The van der Waals surface area contributed by atoms with Crippen LogP contribution in [0.25, 0.3) is 0 Å². The Balaban J connectivity index is 2.98. The summed E-state index contributed by atoms with van der Waals surface area (Å²) in [4.78, 5) is 20.7. The average molecular weight is 343 g/mol. The fraction of sp³-hybridized carbons (Fsp3) is 0.444. The van der Waals surface area contributed by atoms with Gasteiger partial charge in [0.15, 0.2) is 4.34 Å². The number of nitro groups is 1. The van der Waals surface area contributed by atoms with Crippen molar-refractivity contribution < 1.29 is 23.2 Å². The zero-order chi connectivity index (χ0) is 15.7. The van der Waals surface area contributed by atoms with Crippen LogP contribution in [0, 0.1) is 15.5 Å². The van der Waals surface area contributed by atoms with E-state index in [1.54, 1.807) is 0 Å². The first-order valence-electron chi connectivity index (χ1n) is 5.14. The second kappa shape index (κ2) is 5.64. The summed E-state index contributed by atoms with van der Waals surface area (Å²) >= 11 is 6.11. The lowest BCUT2D eigenvalue weighted by Gasteiger charge is -2.18. The van der Waals surface area contributed by atoms with E-state index in [1.165, 1.54) is 13.8 Å². The lowest BCUT2D eigenvalue weighted by molar-refractivity contribution is -0.384. The van der Waals surface area contributed by atoms with Crippen molar-refractivity contribution >= 4 is 44.6 Å². The molecule has 0 unspecified atom stereocenters. The predicted molar refractivity (Wildman–Crippen MR) is 72.6 cm³/mol. The topological polar surface area (TPSA) is 127 Å². The molecular weight excluding hydrogens is 332 g/mol. The number of carboxylic acids is 1. The molecule has 0 radical (unpaired) electrons. The first kappa shape index (κ1) is 16.8. The van der Waals surface area contributed by atoms with Crippen molar-refractivity contribution in [3.05, 3.63) is 20.5 Å². The third-order valence-corrected chi connectivity index (χ3v) is 5.60. The largest absolute Gasteiger partial charge is 0.481 e. The number of nitrogens with zero attached hydrogens (tertiary/aromatic N) is 1. The van der Waals surface area contributed by atoms with E-state index in [0.29, 0.717) is 11.3 Å². The van der Waals surface area contributed by atoms with Crippen LogP contribution in [-0.4, -0.2) is 31.0 Å². The number of aliphatic carboxylic acids is 1. The molecule has 112 valence electrons. The highest BCUT2D eigenvalue weighted by Crippen LogP contribution is 2.36. The minimum Gasteiger partial charge on any atom is -0.481 e. The minimum atomic E-state index is -4.05. The molecule has 1 aromatic rings. The van der Waals surface area contributed by atoms with Gasteiger partial charge >= 0.3 is 5.97 Å². The quantitative estimate of drug-likeness (QED) is 0.598. The molecule has 11 heteroatoms. The highest BCUT2D eigenvalue weighted by atomic mass is 35.5. The molecular formula is C9H11ClN2O6S2. The molecule has 0 fully saturated rings. The lowest BCUT2D eigenvalue weighted by atomic mass is 9.95. The van der Waals surface area contributed by atoms with Gasteiger partial charge in [0, 0.05) is 12.6 Å². The Bertz CT molecular complexity index is 651. The maximum atomic E-state index is 11.9. The number of sulfonamides is 1. The van der Waals surface area contributed by atoms with Gasteiger partial charge < -0.3 is 5.11 Å². The molecule has 0 aromatic carbocycles. The van der Waals surface area contributed by atoms with Crippen LogP contribution >= 0.6 is 22.9 Å². The molecule has 1 rings (SSSR count). The monoisotopic (exact) mass is 342 g/mol. The molecule has 0 saturated heterocycles. The van der Waals surface area contributed by atoms with Gasteiger partial charge in [-0.05, 0) is 13.8 Å². The van der Waals surface area contributed by atoms with Gasteiger partial charge in [-0.3, -0.25) is 14.9 Å². The molecule has 1 aromatic heterocycles. The van der Waals surface area contributed by atoms with Gasteiger partial charge in [0.25, 0.3) is 5.69 Å². The van der Waals surface area contributed by atoms with Crippen molar-refractivity contribution in [3.8, 4) is 0 Å². The number of thiophene rings is 1. The third-order valence-electron chi connectivity index (χ3n) is 2.39. The summed E-state index contributed by atoms with van der Waals surface area (Å²) in [6, 6.07) is 0.836. The number of halogens is 1. The van der Waals surface area contributed by atoms with E-state index < -0.39 is 32.0 Å². The number of nitrogens with one attached hydrogen (secondary N) is 1. The molecule has 1 heterocycles. The van der Waals surface area contributed by atoms with Crippen LogP contribution in [0.4, 0.5) is 5.69 Å². The molecule has 20 heavy (non-hydrogen) atoms. The first-order valence-corrected chi connectivity index (χ1v) is 7.82. The van der Waals surface area contributed by atoms with Crippen LogP contribution in [-0.2, 0) is 14.8 Å². The maximum Gasteiger partial charge on any atom is 0.310 e. The van der Waals surface area contributed by atoms with Crippen LogP contribution < -0.4 is 4.72 Å². The van der Waals surface area contributed by atoms with Gasteiger partial charge in [0.1, 0.15) is 4.21 Å². The van der Waals surface area contributed by atoms with Crippen LogP contribution in [0.15, 0.2) is 10.3 Å². The van der Waals surface area contributed by atoms with Crippen molar-refractivity contribution in [2.45, 2.75) is 18.1 Å². The molecule has 0 atom stereocenters. The fourth-order valence-corrected chi connectivity index (χ4v) is 3.94. The van der Waals surface area contributed by atoms with Crippen LogP contribution in [0.2, 0.25) is 4.34 Å². The number of carbonyl (C=O) groups is 1. The number of hydrogen-bond acceptors (Lipinski definition) is 6. The van der Waals surface area contributed by atoms with Gasteiger partial charge in [0.05, 0.1) is 10.3 Å². The second-order valence-corrected chi connectivity index (χ2v) is 8.14. The summed E-state index contributed by atoms with van der Waals surface area (Å²) in [6.07, 6.45) is 0. The predicted octanol–water partition coefficient (Wildman–Crippen LogP) is 1.70. The normalized spacial score (nSPS) is 12.3. The Morgan fingerprint density at radius 1 is 1.60 bits per heavy atom. The van der Waals surface area contributed by atoms with Crippen molar-refractivity contribution in [1.29, 1.82) is 0 Å². The number of rotatable bonds is 6. The summed E-state index contributed by atoms with van der Waals surface area (Å²) in [5.41, 5.74) is -1.81. The highest BCUT2D eigenvalue weighted by molar-refractivity contribution is 7.91. The Morgan fingerprint density at radius 3 is 2.55 bits per heavy atom. The molecule has 2 N–H and O–H groups in total. The average Bonchev–Trinajstić information content (AvgIpc) is 2.70. The van der Waals surface area contributed by atoms with E-state index in [1.807, 2.05) is 0 Å². The first-order chi connectivity index (χ1) is 8.97. The molecule has 0 aliphatic rings. The van der Waals surface area contributed by atoms with Gasteiger partial charge in [0.2, 0.25) is 10.0 Å². The zero-order valence-electron chi connectivity index (χ0n) is 10.4. The van der Waals surface area contributed by atoms with Crippen LogP contribution in [0.5, 0.6) is 0 Å². The molecule has 0 spiro atoms. The van der Waals surface area contributed by atoms with Crippen LogP contribution in [0.1, 0.15) is 13.8 Å². The Hall–Kier alpha value is -1.23. The van der Waals surface area contributed by atoms with Gasteiger partial charge in [-0.25, -0.2) is 13.1 Å². The van der Waals surface area contributed by atoms with E-state index in [0.717, 1.165) is 6.07 Å². The zero-order valence-corrected chi connectivity index (χ0v) is 12.8. The molecule has 0 bridgehead atoms. The standard InChI is InChI=1S/C9H11ClN2O6S2/c1-9(2,8(13)14)4-11-20(17,18)6-3-5(12(15)16)7(10)19-6/h3,11H,4H2,1-2H3,(H,13,14). The summed E-state index contributed by atoms with van der Waals surface area (Å²) in [6.45, 7) is 2.34. The second-order valence-electron chi connectivity index (χ2n) is 4.50. The molecule has 0 aliphatic carbocycles. The van der Waals surface area contributed by atoms with Crippen LogP contribution in [0.3, 0.4) is 0 Å². The minimum absolute atomic E-state index is 0.257. The Labute approximate surface area is 123 Å². The van der Waals surface area contributed by atoms with E-state index in [-0.39, 0.29) is 15.1 Å². The molecule has 0 aliphatic heterocycles. The van der Waals surface area contributed by atoms with Crippen molar-refractivity contribution in [2.75, 3.05) is 6.54 Å². The highest BCUT2D eigenvalue weighted by Gasteiger charge is 2.31. The SMILES string of the molecule is CC(C)(CNS(=O)(=O)c1cc([N+](=O)[O-])c(Cl)s1)C(=O)O. The van der Waals surface area contributed by atoms with E-state index in [9.17, 15) is 23.3 Å². The molecule has 8 nitrogen and oxygen atoms in total. The molecule has 0 saturated carbocycles. The lowest BCUT2D eigenvalue weighted by Crippen LogP contribution is -2.38. The van der Waals surface area contributed by atoms with E-state index in [2.05, 4.69) is 4.72 Å². The van der Waals surface area contributed by atoms with Gasteiger partial charge in [-0.2, -0.15) is 0 Å². The summed E-state index contributed by atoms with van der Waals surface area (Å²) in [5.74, 6) is -1.17. The smallest absolute Gasteiger partial charge is 0.310 e.